The van der Waals surface area contributed by atoms with Crippen molar-refractivity contribution < 1.29 is 4.79 Å². The molecule has 0 amide bonds. The Hall–Kier alpha value is 0.0795. The number of ketones is 1. The summed E-state index contributed by atoms with van der Waals surface area (Å²) in [6, 6.07) is 0.436. The molecular formula is C18H31NOSSe. The van der Waals surface area contributed by atoms with E-state index in [0.29, 0.717) is 42.3 Å². The van der Waals surface area contributed by atoms with Crippen molar-refractivity contribution in [2.45, 2.75) is 82.9 Å². The number of thiocarbonyl (C=S) groups is 1. The SMILES string of the molecule is CC[C@H]([Se][C@@H]1C(=O)[C@]2(C)CC[C@H]1C2(C)C)[C@@H](CC)NC(C)=S. The van der Waals surface area contributed by atoms with Crippen LogP contribution in [-0.2, 0) is 4.79 Å². The fourth-order valence-corrected chi connectivity index (χ4v) is 9.04. The molecule has 1 N–H and O–H groups in total. The monoisotopic (exact) mass is 389 g/mol. The zero-order valence-corrected chi connectivity index (χ0v) is 17.4. The number of nitrogens with one attached hydrogen (secondary N) is 1. The van der Waals surface area contributed by atoms with Gasteiger partial charge in [0.1, 0.15) is 0 Å². The topological polar surface area (TPSA) is 29.1 Å². The van der Waals surface area contributed by atoms with Crippen molar-refractivity contribution in [1.82, 2.24) is 5.32 Å². The van der Waals surface area contributed by atoms with Gasteiger partial charge in [0.2, 0.25) is 0 Å². The average molecular weight is 388 g/mol. The molecule has 2 aliphatic carbocycles. The van der Waals surface area contributed by atoms with E-state index >= 15 is 0 Å². The van der Waals surface area contributed by atoms with Crippen molar-refractivity contribution in [3.8, 4) is 0 Å². The molecule has 2 nitrogen and oxygen atoms in total. The Balaban J connectivity index is 2.16. The van der Waals surface area contributed by atoms with E-state index in [1.54, 1.807) is 0 Å². The summed E-state index contributed by atoms with van der Waals surface area (Å²) >= 11 is 5.61. The number of carbonyl (C=O) groups is 1. The van der Waals surface area contributed by atoms with E-state index in [-0.39, 0.29) is 10.8 Å². The third-order valence-electron chi connectivity index (χ3n) is 6.47. The second kappa shape index (κ2) is 6.53. The first kappa shape index (κ1) is 18.4. The summed E-state index contributed by atoms with van der Waals surface area (Å²) in [7, 11) is 0. The molecule has 2 bridgehead atoms. The number of hydrogen-bond donors (Lipinski definition) is 1. The van der Waals surface area contributed by atoms with E-state index in [1.165, 1.54) is 6.42 Å². The summed E-state index contributed by atoms with van der Waals surface area (Å²) < 4.78 is 0. The Labute approximate surface area is 147 Å². The standard InChI is InChI=1S/C18H31NOSSe/c1-7-13(19-11(3)21)14(8-2)22-15-12-9-10-18(6,16(15)20)17(12,4)5/h12-15H,7-10H2,1-6H3,(H,19,21)/t12-,13-,14+,15+,18+/m1/s1. The van der Waals surface area contributed by atoms with Crippen molar-refractivity contribution in [3.05, 3.63) is 0 Å². The van der Waals surface area contributed by atoms with Crippen LogP contribution in [0.1, 0.15) is 67.2 Å². The van der Waals surface area contributed by atoms with Gasteiger partial charge in [-0.2, -0.15) is 0 Å². The van der Waals surface area contributed by atoms with Gasteiger partial charge in [-0.05, 0) is 0 Å². The van der Waals surface area contributed by atoms with Crippen LogP contribution in [0.4, 0.5) is 0 Å². The Bertz CT molecular complexity index is 464. The van der Waals surface area contributed by atoms with Gasteiger partial charge in [-0.15, -0.1) is 0 Å². The van der Waals surface area contributed by atoms with Crippen molar-refractivity contribution in [1.29, 1.82) is 0 Å². The zero-order valence-electron chi connectivity index (χ0n) is 14.9. The molecule has 0 heterocycles. The normalized spacial score (nSPS) is 35.5. The van der Waals surface area contributed by atoms with Crippen LogP contribution in [0.3, 0.4) is 0 Å². The zero-order chi connectivity index (χ0) is 16.7. The predicted molar refractivity (Wildman–Crippen MR) is 98.7 cm³/mol. The van der Waals surface area contributed by atoms with Gasteiger partial charge >= 0.3 is 148 Å². The van der Waals surface area contributed by atoms with E-state index in [2.05, 4.69) is 39.9 Å². The molecule has 22 heavy (non-hydrogen) atoms. The van der Waals surface area contributed by atoms with Crippen LogP contribution in [-0.4, -0.2) is 31.8 Å². The summed E-state index contributed by atoms with van der Waals surface area (Å²) in [5, 5.41) is 3.48. The van der Waals surface area contributed by atoms with E-state index in [9.17, 15) is 4.79 Å². The number of fused-ring (bicyclic) bond motifs is 2. The van der Waals surface area contributed by atoms with Crippen LogP contribution in [0.5, 0.6) is 0 Å². The first-order chi connectivity index (χ1) is 10.2. The van der Waals surface area contributed by atoms with Crippen molar-refractivity contribution >= 4 is 37.9 Å². The minimum atomic E-state index is -0.0719. The number of rotatable bonds is 6. The molecule has 2 fully saturated rings. The molecule has 0 unspecified atom stereocenters. The van der Waals surface area contributed by atoms with Crippen LogP contribution in [0.25, 0.3) is 0 Å². The molecule has 0 spiro atoms. The summed E-state index contributed by atoms with van der Waals surface area (Å²) in [6.07, 6.45) is 4.57. The molecule has 4 heteroatoms. The molecule has 0 aromatic carbocycles. The maximum atomic E-state index is 13.1. The molecule has 126 valence electrons. The number of Topliss-reactive ketones (excluding diaryl/α,β-unsaturated/α-hetero) is 1. The van der Waals surface area contributed by atoms with Crippen LogP contribution in [0, 0.1) is 16.7 Å². The first-order valence-corrected chi connectivity index (χ1v) is 11.0. The van der Waals surface area contributed by atoms with E-state index in [4.69, 9.17) is 12.2 Å². The Morgan fingerprint density at radius 2 is 2.00 bits per heavy atom. The van der Waals surface area contributed by atoms with Gasteiger partial charge in [0.25, 0.3) is 0 Å². The predicted octanol–water partition coefficient (Wildman–Crippen LogP) is 4.42. The fourth-order valence-electron chi connectivity index (χ4n) is 4.54. The second-order valence-corrected chi connectivity index (χ2v) is 11.3. The third kappa shape index (κ3) is 2.80. The van der Waals surface area contributed by atoms with Gasteiger partial charge in [-0.25, -0.2) is 0 Å². The van der Waals surface area contributed by atoms with Gasteiger partial charge in [-0.3, -0.25) is 0 Å². The van der Waals surface area contributed by atoms with E-state index in [0.717, 1.165) is 24.3 Å². The van der Waals surface area contributed by atoms with Crippen molar-refractivity contribution in [3.63, 3.8) is 0 Å². The van der Waals surface area contributed by atoms with Gasteiger partial charge in [0.15, 0.2) is 0 Å². The van der Waals surface area contributed by atoms with Crippen LogP contribution >= 0.6 is 12.2 Å². The molecule has 2 rings (SSSR count). The number of carbonyl (C=O) groups excluding carboxylic acids is 1. The molecule has 0 aromatic heterocycles. The summed E-state index contributed by atoms with van der Waals surface area (Å²) in [5.74, 6) is 1.17. The Kier molecular flexibility index (Phi) is 5.47. The van der Waals surface area contributed by atoms with Crippen LogP contribution < -0.4 is 5.32 Å². The van der Waals surface area contributed by atoms with Gasteiger partial charge in [0, 0.05) is 0 Å². The maximum absolute atomic E-state index is 13.1. The van der Waals surface area contributed by atoms with Crippen LogP contribution in [0.2, 0.25) is 9.63 Å². The quantitative estimate of drug-likeness (QED) is 0.540. The molecule has 0 aromatic rings. The Morgan fingerprint density at radius 3 is 2.41 bits per heavy atom. The average Bonchev–Trinajstić information content (AvgIpc) is 2.75. The van der Waals surface area contributed by atoms with Gasteiger partial charge < -0.3 is 0 Å². The third-order valence-corrected chi connectivity index (χ3v) is 10.5. The Morgan fingerprint density at radius 1 is 1.36 bits per heavy atom. The fraction of sp³-hybridized carbons (Fsp3) is 0.889. The first-order valence-electron chi connectivity index (χ1n) is 8.65. The van der Waals surface area contributed by atoms with Gasteiger partial charge in [0.05, 0.1) is 0 Å². The molecule has 2 aliphatic rings. The van der Waals surface area contributed by atoms with Crippen molar-refractivity contribution in [2.75, 3.05) is 0 Å². The van der Waals surface area contributed by atoms with E-state index in [1.807, 2.05) is 6.92 Å². The molecular weight excluding hydrogens is 357 g/mol. The second-order valence-electron chi connectivity index (χ2n) is 7.78. The number of hydrogen-bond acceptors (Lipinski definition) is 2. The molecule has 0 radical (unpaired) electrons. The molecule has 5 atom stereocenters. The summed E-state index contributed by atoms with van der Waals surface area (Å²) in [6.45, 7) is 13.3. The summed E-state index contributed by atoms with van der Waals surface area (Å²) in [4.78, 5) is 14.9. The van der Waals surface area contributed by atoms with Crippen LogP contribution in [0.15, 0.2) is 0 Å². The molecule has 0 aliphatic heterocycles. The molecule has 2 saturated carbocycles. The molecule has 0 saturated heterocycles. The van der Waals surface area contributed by atoms with Gasteiger partial charge in [-0.1, -0.05) is 0 Å². The van der Waals surface area contributed by atoms with Crippen molar-refractivity contribution in [2.24, 2.45) is 16.7 Å². The minimum absolute atomic E-state index is 0.0719. The summed E-state index contributed by atoms with van der Waals surface area (Å²) in [5.41, 5.74) is 0.113. The van der Waals surface area contributed by atoms with E-state index < -0.39 is 0 Å².